The molecule has 21 heavy (non-hydrogen) atoms. The Morgan fingerprint density at radius 3 is 2.71 bits per heavy atom. The molecule has 0 spiro atoms. The van der Waals surface area contributed by atoms with Gasteiger partial charge in [-0.15, -0.1) is 11.3 Å². The van der Waals surface area contributed by atoms with Crippen LogP contribution in [-0.4, -0.2) is 37.8 Å². The summed E-state index contributed by atoms with van der Waals surface area (Å²) in [6.07, 6.45) is 1.82. The molecule has 0 aliphatic heterocycles. The molecule has 8 heteroatoms. The molecule has 0 aliphatic rings. The summed E-state index contributed by atoms with van der Waals surface area (Å²) in [5.74, 6) is -1.03. The largest absolute Gasteiger partial charge is 0.483 e. The fourth-order valence-electron chi connectivity index (χ4n) is 1.80. The number of aromatic nitrogens is 3. The average Bonchev–Trinajstić information content (AvgIpc) is 3.04. The highest BCUT2D eigenvalue weighted by Gasteiger charge is 2.13. The summed E-state index contributed by atoms with van der Waals surface area (Å²) in [5, 5.41) is 23.9. The predicted octanol–water partition coefficient (Wildman–Crippen LogP) is 2.39. The highest BCUT2D eigenvalue weighted by atomic mass is 32.1. The number of hydrogen-bond acceptors (Lipinski definition) is 5. The van der Waals surface area contributed by atoms with Crippen LogP contribution >= 0.6 is 11.3 Å². The van der Waals surface area contributed by atoms with Crippen molar-refractivity contribution in [3.05, 3.63) is 35.0 Å². The lowest BCUT2D eigenvalue weighted by atomic mass is 10.1. The number of nitrogens with one attached hydrogen (secondary N) is 1. The second-order valence-corrected chi connectivity index (χ2v) is 5.25. The Kier molecular flexibility index (Phi) is 4.29. The summed E-state index contributed by atoms with van der Waals surface area (Å²) < 4.78 is 0. The van der Waals surface area contributed by atoms with E-state index in [2.05, 4.69) is 15.2 Å². The number of carboxylic acids is 1. The van der Waals surface area contributed by atoms with Gasteiger partial charge in [-0.1, -0.05) is 6.07 Å². The lowest BCUT2D eigenvalue weighted by Crippen LogP contribution is -1.96. The van der Waals surface area contributed by atoms with Crippen molar-refractivity contribution in [3.63, 3.8) is 0 Å². The van der Waals surface area contributed by atoms with Crippen molar-refractivity contribution in [2.45, 2.75) is 6.92 Å². The molecule has 3 rings (SSSR count). The molecule has 0 saturated carbocycles. The van der Waals surface area contributed by atoms with E-state index in [0.717, 1.165) is 15.4 Å². The molecule has 108 valence electrons. The third-order valence-corrected chi connectivity index (χ3v) is 3.60. The Labute approximate surface area is 122 Å². The lowest BCUT2D eigenvalue weighted by molar-refractivity contribution is -0.122. The van der Waals surface area contributed by atoms with Crippen LogP contribution in [0.25, 0.3) is 21.5 Å². The number of H-pyrrole nitrogens is 1. The first kappa shape index (κ1) is 14.7. The molecule has 1 aromatic carbocycles. The standard InChI is InChI=1S/C12H9N3O2S.CH2O2/c1-6-5-13-11(18-6)7-2-3-8-9(4-7)14-15-10(8)12(16)17;2-1-3/h2-5H,1H3,(H,14,15)(H,16,17);1H,(H,2,3). The predicted molar refractivity (Wildman–Crippen MR) is 77.6 cm³/mol. The number of carbonyl (C=O) groups is 2. The number of nitrogens with zero attached hydrogens (tertiary/aromatic N) is 2. The third kappa shape index (κ3) is 3.06. The number of aryl methyl sites for hydroxylation is 1. The van der Waals surface area contributed by atoms with Crippen molar-refractivity contribution in [3.8, 4) is 10.6 Å². The molecule has 2 heterocycles. The number of aromatic carboxylic acids is 1. The molecular weight excluding hydrogens is 294 g/mol. The SMILES string of the molecule is Cc1cnc(-c2ccc3c(C(=O)O)n[nH]c3c2)s1.O=CO. The van der Waals surface area contributed by atoms with Gasteiger partial charge in [-0.3, -0.25) is 9.89 Å². The molecule has 0 aliphatic carbocycles. The van der Waals surface area contributed by atoms with Crippen molar-refractivity contribution in [1.82, 2.24) is 15.2 Å². The van der Waals surface area contributed by atoms with Gasteiger partial charge in [0.25, 0.3) is 6.47 Å². The van der Waals surface area contributed by atoms with E-state index in [1.54, 1.807) is 17.4 Å². The molecule has 0 fully saturated rings. The summed E-state index contributed by atoms with van der Waals surface area (Å²) in [6.45, 7) is 1.75. The zero-order valence-corrected chi connectivity index (χ0v) is 11.7. The van der Waals surface area contributed by atoms with E-state index in [-0.39, 0.29) is 12.2 Å². The monoisotopic (exact) mass is 305 g/mol. The van der Waals surface area contributed by atoms with Crippen LogP contribution in [0.3, 0.4) is 0 Å². The Balaban J connectivity index is 0.000000497. The summed E-state index contributed by atoms with van der Waals surface area (Å²) >= 11 is 1.60. The molecular formula is C13H11N3O4S. The highest BCUT2D eigenvalue weighted by Crippen LogP contribution is 2.28. The summed E-state index contributed by atoms with van der Waals surface area (Å²) in [6, 6.07) is 5.49. The minimum absolute atomic E-state index is 0.0480. The number of carboxylic acid groups (broad SMARTS) is 2. The smallest absolute Gasteiger partial charge is 0.357 e. The second-order valence-electron chi connectivity index (χ2n) is 4.02. The fourth-order valence-corrected chi connectivity index (χ4v) is 2.56. The molecule has 3 aromatic rings. The molecule has 7 nitrogen and oxygen atoms in total. The fraction of sp³-hybridized carbons (Fsp3) is 0.0769. The van der Waals surface area contributed by atoms with Crippen LogP contribution in [0.2, 0.25) is 0 Å². The molecule has 0 saturated heterocycles. The van der Waals surface area contributed by atoms with Gasteiger partial charge < -0.3 is 10.2 Å². The topological polar surface area (TPSA) is 116 Å². The van der Waals surface area contributed by atoms with Gasteiger partial charge >= 0.3 is 5.97 Å². The van der Waals surface area contributed by atoms with Crippen LogP contribution in [0.4, 0.5) is 0 Å². The maximum Gasteiger partial charge on any atom is 0.357 e. The van der Waals surface area contributed by atoms with Crippen molar-refractivity contribution >= 4 is 34.7 Å². The minimum Gasteiger partial charge on any atom is -0.483 e. The zero-order chi connectivity index (χ0) is 15.4. The van der Waals surface area contributed by atoms with Gasteiger partial charge in [0.1, 0.15) is 5.01 Å². The quantitative estimate of drug-likeness (QED) is 0.626. The van der Waals surface area contributed by atoms with E-state index in [9.17, 15) is 4.79 Å². The van der Waals surface area contributed by atoms with E-state index >= 15 is 0 Å². The first-order valence-electron chi connectivity index (χ1n) is 5.79. The van der Waals surface area contributed by atoms with Gasteiger partial charge in [0.05, 0.1) is 5.52 Å². The Morgan fingerprint density at radius 1 is 1.43 bits per heavy atom. The van der Waals surface area contributed by atoms with Crippen molar-refractivity contribution in [2.24, 2.45) is 0 Å². The Bertz CT molecular complexity index is 794. The van der Waals surface area contributed by atoms with E-state index in [0.29, 0.717) is 10.9 Å². The summed E-state index contributed by atoms with van der Waals surface area (Å²) in [7, 11) is 0. The van der Waals surface area contributed by atoms with E-state index < -0.39 is 5.97 Å². The van der Waals surface area contributed by atoms with Gasteiger partial charge in [0.15, 0.2) is 5.69 Å². The molecule has 0 amide bonds. The zero-order valence-electron chi connectivity index (χ0n) is 10.9. The molecule has 2 aromatic heterocycles. The number of aromatic amines is 1. The van der Waals surface area contributed by atoms with Crippen LogP contribution in [-0.2, 0) is 4.79 Å². The first-order chi connectivity index (χ1) is 10.1. The van der Waals surface area contributed by atoms with E-state index in [1.165, 1.54) is 0 Å². The number of thiazole rings is 1. The van der Waals surface area contributed by atoms with Crippen LogP contribution in [0.15, 0.2) is 24.4 Å². The Hall–Kier alpha value is -2.74. The normalized spacial score (nSPS) is 9.95. The Morgan fingerprint density at radius 2 is 2.14 bits per heavy atom. The van der Waals surface area contributed by atoms with Crippen molar-refractivity contribution < 1.29 is 19.8 Å². The number of rotatable bonds is 2. The third-order valence-electron chi connectivity index (χ3n) is 2.63. The van der Waals surface area contributed by atoms with Crippen molar-refractivity contribution in [2.75, 3.05) is 0 Å². The van der Waals surface area contributed by atoms with Crippen LogP contribution in [0, 0.1) is 6.92 Å². The summed E-state index contributed by atoms with van der Waals surface area (Å²) in [5.41, 5.74) is 1.71. The molecule has 3 N–H and O–H groups in total. The van der Waals surface area contributed by atoms with Gasteiger partial charge in [0.2, 0.25) is 0 Å². The second kappa shape index (κ2) is 6.14. The van der Waals surface area contributed by atoms with Crippen LogP contribution in [0.1, 0.15) is 15.4 Å². The van der Waals surface area contributed by atoms with Gasteiger partial charge in [-0.2, -0.15) is 5.10 Å². The molecule has 0 radical (unpaired) electrons. The number of benzene rings is 1. The maximum absolute atomic E-state index is 10.9. The van der Waals surface area contributed by atoms with Crippen molar-refractivity contribution in [1.29, 1.82) is 0 Å². The number of fused-ring (bicyclic) bond motifs is 1. The lowest BCUT2D eigenvalue weighted by Gasteiger charge is -1.96. The maximum atomic E-state index is 10.9. The molecule has 0 bridgehead atoms. The van der Waals surface area contributed by atoms with E-state index in [1.807, 2.05) is 25.3 Å². The van der Waals surface area contributed by atoms with Gasteiger partial charge in [-0.25, -0.2) is 9.78 Å². The van der Waals surface area contributed by atoms with Crippen LogP contribution in [0.5, 0.6) is 0 Å². The average molecular weight is 305 g/mol. The van der Waals surface area contributed by atoms with Gasteiger partial charge in [0, 0.05) is 22.0 Å². The number of hydrogen-bond donors (Lipinski definition) is 3. The minimum atomic E-state index is -1.03. The van der Waals surface area contributed by atoms with Crippen LogP contribution < -0.4 is 0 Å². The molecule has 0 unspecified atom stereocenters. The van der Waals surface area contributed by atoms with E-state index in [4.69, 9.17) is 15.0 Å². The molecule has 0 atom stereocenters. The first-order valence-corrected chi connectivity index (χ1v) is 6.60. The highest BCUT2D eigenvalue weighted by molar-refractivity contribution is 7.14. The van der Waals surface area contributed by atoms with Gasteiger partial charge in [-0.05, 0) is 19.1 Å². The summed E-state index contributed by atoms with van der Waals surface area (Å²) in [4.78, 5) is 24.7.